The first-order valence-electron chi connectivity index (χ1n) is 7.84. The fourth-order valence-corrected chi connectivity index (χ4v) is 2.71. The molecule has 2 unspecified atom stereocenters. The van der Waals surface area contributed by atoms with Crippen LogP contribution in [-0.4, -0.2) is 49.6 Å². The van der Waals surface area contributed by atoms with Gasteiger partial charge in [0.2, 0.25) is 5.91 Å². The molecule has 1 fully saturated rings. The molecule has 1 rings (SSSR count). The molecule has 1 aliphatic rings. The number of nitrogens with one attached hydrogen (secondary N) is 2. The standard InChI is InChI=1S/C15H31N3O/c1-4-16-14(3)10-15(19)17-11-13(2)12-18-8-6-5-7-9-18/h13-14,16H,4-12H2,1-3H3,(H,17,19). The van der Waals surface area contributed by atoms with Crippen molar-refractivity contribution in [3.63, 3.8) is 0 Å². The molecule has 0 radical (unpaired) electrons. The second kappa shape index (κ2) is 9.32. The highest BCUT2D eigenvalue weighted by Gasteiger charge is 2.14. The van der Waals surface area contributed by atoms with Gasteiger partial charge in [0.05, 0.1) is 0 Å². The molecule has 0 aromatic carbocycles. The van der Waals surface area contributed by atoms with E-state index in [0.29, 0.717) is 12.3 Å². The Balaban J connectivity index is 2.11. The van der Waals surface area contributed by atoms with Crippen molar-refractivity contribution < 1.29 is 4.79 Å². The van der Waals surface area contributed by atoms with Crippen LogP contribution in [0.3, 0.4) is 0 Å². The molecule has 1 saturated heterocycles. The molecule has 112 valence electrons. The normalized spacial score (nSPS) is 19.9. The van der Waals surface area contributed by atoms with E-state index in [1.165, 1.54) is 32.4 Å². The molecule has 0 aromatic rings. The Labute approximate surface area is 118 Å². The zero-order valence-electron chi connectivity index (χ0n) is 12.9. The second-order valence-corrected chi connectivity index (χ2v) is 5.93. The Morgan fingerprint density at radius 2 is 1.89 bits per heavy atom. The summed E-state index contributed by atoms with van der Waals surface area (Å²) in [6, 6.07) is 0.266. The van der Waals surface area contributed by atoms with Crippen molar-refractivity contribution in [1.82, 2.24) is 15.5 Å². The predicted octanol–water partition coefficient (Wildman–Crippen LogP) is 1.61. The number of likely N-dealkylation sites (tertiary alicyclic amines) is 1. The number of hydrogen-bond acceptors (Lipinski definition) is 3. The first-order chi connectivity index (χ1) is 9.11. The zero-order chi connectivity index (χ0) is 14.1. The van der Waals surface area contributed by atoms with Crippen LogP contribution < -0.4 is 10.6 Å². The summed E-state index contributed by atoms with van der Waals surface area (Å²) >= 11 is 0. The summed E-state index contributed by atoms with van der Waals surface area (Å²) in [7, 11) is 0. The summed E-state index contributed by atoms with van der Waals surface area (Å²) < 4.78 is 0. The van der Waals surface area contributed by atoms with Crippen LogP contribution in [0.25, 0.3) is 0 Å². The SMILES string of the molecule is CCNC(C)CC(=O)NCC(C)CN1CCCCC1. The fourth-order valence-electron chi connectivity index (χ4n) is 2.71. The van der Waals surface area contributed by atoms with Gasteiger partial charge in [-0.1, -0.05) is 20.3 Å². The Kier molecular flexibility index (Phi) is 8.07. The number of carbonyl (C=O) groups excluding carboxylic acids is 1. The van der Waals surface area contributed by atoms with Crippen molar-refractivity contribution in [3.05, 3.63) is 0 Å². The third-order valence-corrected chi connectivity index (χ3v) is 3.71. The maximum atomic E-state index is 11.8. The van der Waals surface area contributed by atoms with Crippen LogP contribution >= 0.6 is 0 Å². The Bertz CT molecular complexity index is 252. The lowest BCUT2D eigenvalue weighted by molar-refractivity contribution is -0.121. The van der Waals surface area contributed by atoms with Crippen molar-refractivity contribution in [3.8, 4) is 0 Å². The highest BCUT2D eigenvalue weighted by Crippen LogP contribution is 2.10. The molecule has 1 amide bonds. The van der Waals surface area contributed by atoms with Gasteiger partial charge in [-0.2, -0.15) is 0 Å². The van der Waals surface area contributed by atoms with Crippen LogP contribution in [0.1, 0.15) is 46.5 Å². The van der Waals surface area contributed by atoms with E-state index >= 15 is 0 Å². The van der Waals surface area contributed by atoms with Crippen molar-refractivity contribution in [2.24, 2.45) is 5.92 Å². The van der Waals surface area contributed by atoms with Gasteiger partial charge in [-0.25, -0.2) is 0 Å². The van der Waals surface area contributed by atoms with Crippen LogP contribution in [0.5, 0.6) is 0 Å². The topological polar surface area (TPSA) is 44.4 Å². The molecule has 2 N–H and O–H groups in total. The molecule has 4 nitrogen and oxygen atoms in total. The number of nitrogens with zero attached hydrogens (tertiary/aromatic N) is 1. The predicted molar refractivity (Wildman–Crippen MR) is 80.2 cm³/mol. The number of hydrogen-bond donors (Lipinski definition) is 2. The van der Waals surface area contributed by atoms with Gasteiger partial charge in [0.1, 0.15) is 0 Å². The summed E-state index contributed by atoms with van der Waals surface area (Å²) in [5.41, 5.74) is 0. The maximum Gasteiger partial charge on any atom is 0.221 e. The van der Waals surface area contributed by atoms with Crippen molar-refractivity contribution in [2.75, 3.05) is 32.7 Å². The lowest BCUT2D eigenvalue weighted by Crippen LogP contribution is -2.39. The number of piperidine rings is 1. The number of carbonyl (C=O) groups is 1. The van der Waals surface area contributed by atoms with E-state index in [4.69, 9.17) is 0 Å². The zero-order valence-corrected chi connectivity index (χ0v) is 12.9. The van der Waals surface area contributed by atoms with Crippen LogP contribution in [0.4, 0.5) is 0 Å². The largest absolute Gasteiger partial charge is 0.356 e. The summed E-state index contributed by atoms with van der Waals surface area (Å²) in [6.45, 7) is 11.6. The van der Waals surface area contributed by atoms with E-state index in [1.807, 2.05) is 0 Å². The molecule has 0 aliphatic carbocycles. The van der Waals surface area contributed by atoms with E-state index < -0.39 is 0 Å². The van der Waals surface area contributed by atoms with E-state index in [9.17, 15) is 4.79 Å². The van der Waals surface area contributed by atoms with Gasteiger partial charge in [0.25, 0.3) is 0 Å². The monoisotopic (exact) mass is 269 g/mol. The minimum atomic E-state index is 0.166. The van der Waals surface area contributed by atoms with E-state index in [0.717, 1.165) is 19.6 Å². The summed E-state index contributed by atoms with van der Waals surface area (Å²) in [4.78, 5) is 14.3. The third-order valence-electron chi connectivity index (χ3n) is 3.71. The Hall–Kier alpha value is -0.610. The van der Waals surface area contributed by atoms with Gasteiger partial charge in [-0.3, -0.25) is 4.79 Å². The average molecular weight is 269 g/mol. The quantitative estimate of drug-likeness (QED) is 0.704. The summed E-state index contributed by atoms with van der Waals surface area (Å²) in [5.74, 6) is 0.704. The molecule has 19 heavy (non-hydrogen) atoms. The van der Waals surface area contributed by atoms with Crippen molar-refractivity contribution in [1.29, 1.82) is 0 Å². The average Bonchev–Trinajstić information content (AvgIpc) is 2.38. The molecule has 4 heteroatoms. The molecule has 0 bridgehead atoms. The van der Waals surface area contributed by atoms with E-state index in [1.54, 1.807) is 0 Å². The summed E-state index contributed by atoms with van der Waals surface area (Å²) in [5, 5.41) is 6.32. The van der Waals surface area contributed by atoms with Gasteiger partial charge >= 0.3 is 0 Å². The maximum absolute atomic E-state index is 11.8. The smallest absolute Gasteiger partial charge is 0.221 e. The number of rotatable bonds is 8. The molecule has 0 aromatic heterocycles. The lowest BCUT2D eigenvalue weighted by atomic mass is 10.1. The van der Waals surface area contributed by atoms with Crippen molar-refractivity contribution in [2.45, 2.75) is 52.5 Å². The van der Waals surface area contributed by atoms with Crippen LogP contribution in [0, 0.1) is 5.92 Å². The minimum absolute atomic E-state index is 0.166. The summed E-state index contributed by atoms with van der Waals surface area (Å²) in [6.07, 6.45) is 4.62. The van der Waals surface area contributed by atoms with E-state index in [2.05, 4.69) is 36.3 Å². The lowest BCUT2D eigenvalue weighted by Gasteiger charge is -2.29. The molecule has 0 spiro atoms. The van der Waals surface area contributed by atoms with Crippen LogP contribution in [0.2, 0.25) is 0 Å². The first-order valence-corrected chi connectivity index (χ1v) is 7.84. The van der Waals surface area contributed by atoms with Crippen LogP contribution in [0.15, 0.2) is 0 Å². The molecule has 1 heterocycles. The Morgan fingerprint density at radius 1 is 1.21 bits per heavy atom. The molecule has 1 aliphatic heterocycles. The van der Waals surface area contributed by atoms with Crippen molar-refractivity contribution >= 4 is 5.91 Å². The molecule has 0 saturated carbocycles. The number of amides is 1. The Morgan fingerprint density at radius 3 is 2.53 bits per heavy atom. The highest BCUT2D eigenvalue weighted by molar-refractivity contribution is 5.76. The molecular weight excluding hydrogens is 238 g/mol. The van der Waals surface area contributed by atoms with Gasteiger partial charge in [0, 0.05) is 25.6 Å². The van der Waals surface area contributed by atoms with E-state index in [-0.39, 0.29) is 11.9 Å². The second-order valence-electron chi connectivity index (χ2n) is 5.93. The third kappa shape index (κ3) is 7.53. The highest BCUT2D eigenvalue weighted by atomic mass is 16.1. The van der Waals surface area contributed by atoms with Gasteiger partial charge in [-0.15, -0.1) is 0 Å². The molecular formula is C15H31N3O. The minimum Gasteiger partial charge on any atom is -0.356 e. The fraction of sp³-hybridized carbons (Fsp3) is 0.933. The van der Waals surface area contributed by atoms with Crippen LogP contribution in [-0.2, 0) is 4.79 Å². The van der Waals surface area contributed by atoms with Gasteiger partial charge < -0.3 is 15.5 Å². The first kappa shape index (κ1) is 16.4. The molecule has 2 atom stereocenters. The van der Waals surface area contributed by atoms with Gasteiger partial charge in [0.15, 0.2) is 0 Å². The van der Waals surface area contributed by atoms with Gasteiger partial charge in [-0.05, 0) is 45.3 Å².